The second kappa shape index (κ2) is 4.95. The summed E-state index contributed by atoms with van der Waals surface area (Å²) in [6.07, 6.45) is 4.83. The van der Waals surface area contributed by atoms with Crippen molar-refractivity contribution in [1.82, 2.24) is 20.1 Å². The van der Waals surface area contributed by atoms with E-state index in [0.717, 1.165) is 44.9 Å². The van der Waals surface area contributed by atoms with Crippen molar-refractivity contribution < 1.29 is 9.47 Å². The minimum absolute atomic E-state index is 0.0714. The number of hydrogen-bond donors (Lipinski definition) is 1. The molecule has 2 unspecified atom stereocenters. The summed E-state index contributed by atoms with van der Waals surface area (Å²) in [5, 5.41) is 7.59. The highest BCUT2D eigenvalue weighted by Crippen LogP contribution is 2.37. The normalized spacial score (nSPS) is 32.2. The fourth-order valence-corrected chi connectivity index (χ4v) is 2.82. The fourth-order valence-electron chi connectivity index (χ4n) is 2.82. The van der Waals surface area contributed by atoms with Crippen molar-refractivity contribution in [2.24, 2.45) is 0 Å². The number of nitrogens with one attached hydrogen (secondary N) is 1. The molecule has 100 valence electrons. The van der Waals surface area contributed by atoms with Crippen LogP contribution in [0.2, 0.25) is 0 Å². The van der Waals surface area contributed by atoms with Crippen LogP contribution in [-0.4, -0.2) is 47.2 Å². The van der Waals surface area contributed by atoms with Crippen LogP contribution < -0.4 is 5.32 Å². The van der Waals surface area contributed by atoms with Crippen LogP contribution in [0.15, 0.2) is 6.33 Å². The van der Waals surface area contributed by atoms with Gasteiger partial charge in [-0.25, -0.2) is 9.67 Å². The summed E-state index contributed by atoms with van der Waals surface area (Å²) in [7, 11) is 1.90. The van der Waals surface area contributed by atoms with E-state index >= 15 is 0 Å². The largest absolute Gasteiger partial charge is 0.378 e. The quantitative estimate of drug-likeness (QED) is 0.849. The molecule has 3 heterocycles. The summed E-state index contributed by atoms with van der Waals surface area (Å²) >= 11 is 0. The Bertz CT molecular complexity index is 401. The van der Waals surface area contributed by atoms with E-state index in [2.05, 4.69) is 15.4 Å². The Morgan fingerprint density at radius 1 is 1.56 bits per heavy atom. The van der Waals surface area contributed by atoms with E-state index in [-0.39, 0.29) is 5.60 Å². The lowest BCUT2D eigenvalue weighted by atomic mass is 9.90. The molecule has 0 aliphatic carbocycles. The summed E-state index contributed by atoms with van der Waals surface area (Å²) in [4.78, 5) is 4.31. The van der Waals surface area contributed by atoms with E-state index in [1.165, 1.54) is 0 Å². The van der Waals surface area contributed by atoms with Crippen molar-refractivity contribution in [2.45, 2.75) is 37.5 Å². The number of aromatic nitrogens is 3. The lowest BCUT2D eigenvalue weighted by Crippen LogP contribution is -2.41. The van der Waals surface area contributed by atoms with Gasteiger partial charge in [0.15, 0.2) is 5.82 Å². The van der Waals surface area contributed by atoms with Crippen LogP contribution >= 0.6 is 0 Å². The van der Waals surface area contributed by atoms with Gasteiger partial charge >= 0.3 is 0 Å². The Labute approximate surface area is 107 Å². The summed E-state index contributed by atoms with van der Waals surface area (Å²) < 4.78 is 13.4. The predicted octanol–water partition coefficient (Wildman–Crippen LogP) is 0.508. The standard InChI is InChI=1S/C12H20N4O2/c1-13-7-11-14-9-16(15-11)10-2-4-18-12(6-10)3-5-17-8-12/h9-10,13H,2-8H2,1H3. The molecule has 2 fully saturated rings. The molecule has 1 spiro atoms. The van der Waals surface area contributed by atoms with Gasteiger partial charge < -0.3 is 14.8 Å². The van der Waals surface area contributed by atoms with Gasteiger partial charge in [-0.3, -0.25) is 0 Å². The summed E-state index contributed by atoms with van der Waals surface area (Å²) in [5.74, 6) is 0.848. The summed E-state index contributed by atoms with van der Waals surface area (Å²) in [6.45, 7) is 3.04. The molecule has 18 heavy (non-hydrogen) atoms. The molecule has 6 heteroatoms. The first-order valence-corrected chi connectivity index (χ1v) is 6.58. The van der Waals surface area contributed by atoms with Gasteiger partial charge in [-0.15, -0.1) is 0 Å². The molecule has 1 aromatic heterocycles. The first kappa shape index (κ1) is 12.1. The number of ether oxygens (including phenoxy) is 2. The lowest BCUT2D eigenvalue weighted by molar-refractivity contribution is -0.0963. The smallest absolute Gasteiger partial charge is 0.164 e. The van der Waals surface area contributed by atoms with Crippen LogP contribution in [0.1, 0.15) is 31.1 Å². The Morgan fingerprint density at radius 2 is 2.50 bits per heavy atom. The molecule has 1 N–H and O–H groups in total. The molecule has 0 bridgehead atoms. The highest BCUT2D eigenvalue weighted by molar-refractivity contribution is 4.93. The number of rotatable bonds is 3. The topological polar surface area (TPSA) is 61.2 Å². The van der Waals surface area contributed by atoms with Crippen molar-refractivity contribution in [3.63, 3.8) is 0 Å². The Morgan fingerprint density at radius 3 is 3.28 bits per heavy atom. The highest BCUT2D eigenvalue weighted by Gasteiger charge is 2.41. The van der Waals surface area contributed by atoms with E-state index < -0.39 is 0 Å². The Kier molecular flexibility index (Phi) is 3.32. The molecule has 0 radical (unpaired) electrons. The molecule has 3 rings (SSSR count). The molecular weight excluding hydrogens is 232 g/mol. The Hall–Kier alpha value is -0.980. The van der Waals surface area contributed by atoms with Crippen LogP contribution in [0.25, 0.3) is 0 Å². The molecule has 0 saturated carbocycles. The minimum atomic E-state index is -0.0714. The number of nitrogens with zero attached hydrogens (tertiary/aromatic N) is 3. The van der Waals surface area contributed by atoms with E-state index in [0.29, 0.717) is 12.6 Å². The molecular formula is C12H20N4O2. The van der Waals surface area contributed by atoms with Gasteiger partial charge in [-0.1, -0.05) is 0 Å². The van der Waals surface area contributed by atoms with Gasteiger partial charge in [0.2, 0.25) is 0 Å². The number of hydrogen-bond acceptors (Lipinski definition) is 5. The molecule has 2 aliphatic heterocycles. The third-order valence-corrected chi connectivity index (χ3v) is 3.80. The first-order valence-electron chi connectivity index (χ1n) is 6.58. The zero-order chi connectivity index (χ0) is 12.4. The molecule has 2 saturated heterocycles. The van der Waals surface area contributed by atoms with Gasteiger partial charge in [0.05, 0.1) is 24.8 Å². The van der Waals surface area contributed by atoms with E-state index in [1.54, 1.807) is 0 Å². The van der Waals surface area contributed by atoms with Crippen LogP contribution in [-0.2, 0) is 16.0 Å². The molecule has 2 aliphatic rings. The third kappa shape index (κ3) is 2.28. The van der Waals surface area contributed by atoms with Gasteiger partial charge in [-0.05, 0) is 13.5 Å². The van der Waals surface area contributed by atoms with Gasteiger partial charge in [0.25, 0.3) is 0 Å². The first-order chi connectivity index (χ1) is 8.81. The predicted molar refractivity (Wildman–Crippen MR) is 65.2 cm³/mol. The maximum Gasteiger partial charge on any atom is 0.164 e. The van der Waals surface area contributed by atoms with Crippen LogP contribution in [0.5, 0.6) is 0 Å². The zero-order valence-corrected chi connectivity index (χ0v) is 10.8. The maximum absolute atomic E-state index is 5.93. The van der Waals surface area contributed by atoms with Gasteiger partial charge in [0.1, 0.15) is 6.33 Å². The van der Waals surface area contributed by atoms with E-state index in [9.17, 15) is 0 Å². The monoisotopic (exact) mass is 252 g/mol. The zero-order valence-electron chi connectivity index (χ0n) is 10.8. The molecule has 0 amide bonds. The van der Waals surface area contributed by atoms with Crippen molar-refractivity contribution >= 4 is 0 Å². The maximum atomic E-state index is 5.93. The van der Waals surface area contributed by atoms with E-state index in [1.807, 2.05) is 18.1 Å². The van der Waals surface area contributed by atoms with E-state index in [4.69, 9.17) is 9.47 Å². The van der Waals surface area contributed by atoms with Crippen LogP contribution in [0.4, 0.5) is 0 Å². The molecule has 6 nitrogen and oxygen atoms in total. The van der Waals surface area contributed by atoms with Gasteiger partial charge in [0, 0.05) is 26.1 Å². The summed E-state index contributed by atoms with van der Waals surface area (Å²) in [5.41, 5.74) is -0.0714. The third-order valence-electron chi connectivity index (χ3n) is 3.80. The highest BCUT2D eigenvalue weighted by atomic mass is 16.6. The van der Waals surface area contributed by atoms with Crippen LogP contribution in [0, 0.1) is 0 Å². The average Bonchev–Trinajstić information content (AvgIpc) is 3.00. The fraction of sp³-hybridized carbons (Fsp3) is 0.833. The minimum Gasteiger partial charge on any atom is -0.378 e. The van der Waals surface area contributed by atoms with Crippen molar-refractivity contribution in [3.05, 3.63) is 12.2 Å². The molecule has 1 aromatic rings. The van der Waals surface area contributed by atoms with Gasteiger partial charge in [-0.2, -0.15) is 5.10 Å². The SMILES string of the molecule is CNCc1ncn(C2CCOC3(CCOC3)C2)n1. The lowest BCUT2D eigenvalue weighted by Gasteiger charge is -2.36. The van der Waals surface area contributed by atoms with Crippen LogP contribution in [0.3, 0.4) is 0 Å². The Balaban J connectivity index is 1.71. The average molecular weight is 252 g/mol. The molecule has 0 aromatic carbocycles. The molecule has 2 atom stereocenters. The van der Waals surface area contributed by atoms with Crippen molar-refractivity contribution in [3.8, 4) is 0 Å². The second-order valence-electron chi connectivity index (χ2n) is 5.15. The summed E-state index contributed by atoms with van der Waals surface area (Å²) in [6, 6.07) is 0.388. The van der Waals surface area contributed by atoms with Crippen molar-refractivity contribution in [1.29, 1.82) is 0 Å². The second-order valence-corrected chi connectivity index (χ2v) is 5.15. The van der Waals surface area contributed by atoms with Crippen molar-refractivity contribution in [2.75, 3.05) is 26.9 Å².